The molecule has 0 saturated heterocycles. The van der Waals surface area contributed by atoms with E-state index < -0.39 is 17.3 Å². The Kier molecular flexibility index (Phi) is 4.47. The standard InChI is InChI=1S/C8H14B2O4/c1-5(2)8(9,10)14-7(13)4-3-6(11)12/h3-5H,9-10H2,1-2H3,(H,11,12)/b4-3+. The first-order chi connectivity index (χ1) is 6.25. The summed E-state index contributed by atoms with van der Waals surface area (Å²) in [5.41, 5.74) is 0. The van der Waals surface area contributed by atoms with Crippen LogP contribution in [0, 0.1) is 5.92 Å². The van der Waals surface area contributed by atoms with E-state index in [2.05, 4.69) is 0 Å². The lowest BCUT2D eigenvalue weighted by Crippen LogP contribution is -2.41. The number of rotatable bonds is 4. The molecule has 0 unspecified atom stereocenters. The summed E-state index contributed by atoms with van der Waals surface area (Å²) in [7, 11) is 3.56. The molecule has 0 spiro atoms. The number of carboxylic acids is 1. The lowest BCUT2D eigenvalue weighted by Gasteiger charge is -2.29. The van der Waals surface area contributed by atoms with Gasteiger partial charge in [0.15, 0.2) is 0 Å². The number of hydrogen-bond donors (Lipinski definition) is 1. The quantitative estimate of drug-likeness (QED) is 0.346. The van der Waals surface area contributed by atoms with Crippen molar-refractivity contribution in [1.29, 1.82) is 0 Å². The summed E-state index contributed by atoms with van der Waals surface area (Å²) in [6.45, 7) is 3.85. The molecule has 0 aliphatic rings. The molecule has 6 heteroatoms. The molecule has 0 rings (SSSR count). The van der Waals surface area contributed by atoms with Crippen LogP contribution in [0.3, 0.4) is 0 Å². The fourth-order valence-corrected chi connectivity index (χ4v) is 0.550. The van der Waals surface area contributed by atoms with Gasteiger partial charge in [0.2, 0.25) is 0 Å². The third kappa shape index (κ3) is 4.74. The summed E-state index contributed by atoms with van der Waals surface area (Å²) >= 11 is 0. The highest BCUT2D eigenvalue weighted by Gasteiger charge is 2.25. The Morgan fingerprint density at radius 1 is 1.36 bits per heavy atom. The van der Waals surface area contributed by atoms with Gasteiger partial charge in [0.25, 0.3) is 0 Å². The molecule has 0 atom stereocenters. The van der Waals surface area contributed by atoms with Crippen LogP contribution >= 0.6 is 0 Å². The highest BCUT2D eigenvalue weighted by molar-refractivity contribution is 6.39. The minimum absolute atomic E-state index is 0.171. The molecule has 0 fully saturated rings. The van der Waals surface area contributed by atoms with E-state index in [9.17, 15) is 9.59 Å². The van der Waals surface area contributed by atoms with Crippen LogP contribution in [0.4, 0.5) is 0 Å². The number of carbonyl (C=O) groups is 2. The summed E-state index contributed by atoms with van der Waals surface area (Å²) in [4.78, 5) is 21.2. The number of ether oxygens (including phenoxy) is 1. The minimum atomic E-state index is -1.16. The first kappa shape index (κ1) is 12.8. The Labute approximate surface area is 85.1 Å². The maximum atomic E-state index is 11.1. The topological polar surface area (TPSA) is 63.6 Å². The van der Waals surface area contributed by atoms with Crippen molar-refractivity contribution in [2.75, 3.05) is 0 Å². The molecule has 0 saturated carbocycles. The first-order valence-corrected chi connectivity index (χ1v) is 4.39. The summed E-state index contributed by atoms with van der Waals surface area (Å²) in [6, 6.07) is 0. The molecule has 0 amide bonds. The van der Waals surface area contributed by atoms with Gasteiger partial charge >= 0.3 is 11.9 Å². The van der Waals surface area contributed by atoms with Crippen LogP contribution in [-0.2, 0) is 14.3 Å². The van der Waals surface area contributed by atoms with E-state index >= 15 is 0 Å². The van der Waals surface area contributed by atoms with E-state index in [1.807, 2.05) is 13.8 Å². The molecular weight excluding hydrogens is 182 g/mol. The maximum Gasteiger partial charge on any atom is 0.330 e. The SMILES string of the molecule is BC(B)(OC(=O)/C=C/C(=O)O)C(C)C. The maximum absolute atomic E-state index is 11.1. The molecule has 0 heterocycles. The second-order valence-corrected chi connectivity index (χ2v) is 3.85. The summed E-state index contributed by atoms with van der Waals surface area (Å²) < 4.78 is 5.06. The molecule has 0 radical (unpaired) electrons. The van der Waals surface area contributed by atoms with Crippen molar-refractivity contribution >= 4 is 27.6 Å². The van der Waals surface area contributed by atoms with E-state index in [4.69, 9.17) is 9.84 Å². The molecular formula is C8H14B2O4. The van der Waals surface area contributed by atoms with Crippen LogP contribution in [-0.4, -0.2) is 38.1 Å². The molecule has 76 valence electrons. The van der Waals surface area contributed by atoms with Gasteiger partial charge in [-0.1, -0.05) is 13.8 Å². The molecule has 0 bridgehead atoms. The Balaban J connectivity index is 4.26. The zero-order valence-electron chi connectivity index (χ0n) is 8.90. The monoisotopic (exact) mass is 196 g/mol. The Hall–Kier alpha value is -1.19. The minimum Gasteiger partial charge on any atom is -0.478 e. The van der Waals surface area contributed by atoms with Gasteiger partial charge in [-0.2, -0.15) is 0 Å². The Bertz CT molecular complexity index is 258. The highest BCUT2D eigenvalue weighted by Crippen LogP contribution is 2.13. The van der Waals surface area contributed by atoms with Crippen molar-refractivity contribution in [2.24, 2.45) is 5.92 Å². The predicted octanol–water partition coefficient (Wildman–Crippen LogP) is -1.25. The third-order valence-corrected chi connectivity index (χ3v) is 2.12. The van der Waals surface area contributed by atoms with Crippen LogP contribution in [0.15, 0.2) is 12.2 Å². The average molecular weight is 196 g/mol. The molecule has 14 heavy (non-hydrogen) atoms. The molecule has 1 N–H and O–H groups in total. The van der Waals surface area contributed by atoms with Crippen molar-refractivity contribution in [1.82, 2.24) is 0 Å². The van der Waals surface area contributed by atoms with Gasteiger partial charge in [0.05, 0.1) is 0 Å². The smallest absolute Gasteiger partial charge is 0.330 e. The van der Waals surface area contributed by atoms with E-state index in [1.54, 1.807) is 15.7 Å². The van der Waals surface area contributed by atoms with E-state index in [-0.39, 0.29) is 5.92 Å². The van der Waals surface area contributed by atoms with Crippen molar-refractivity contribution in [3.05, 3.63) is 12.2 Å². The lowest BCUT2D eigenvalue weighted by molar-refractivity contribution is -0.144. The number of hydrogen-bond acceptors (Lipinski definition) is 3. The zero-order chi connectivity index (χ0) is 11.4. The largest absolute Gasteiger partial charge is 0.478 e. The third-order valence-electron chi connectivity index (χ3n) is 2.12. The summed E-state index contributed by atoms with van der Waals surface area (Å²) in [5, 5.41) is 7.69. The highest BCUT2D eigenvalue weighted by atomic mass is 16.5. The number of carbonyl (C=O) groups excluding carboxylic acids is 1. The van der Waals surface area contributed by atoms with Crippen molar-refractivity contribution in [2.45, 2.75) is 19.2 Å². The molecule has 0 aromatic rings. The van der Waals surface area contributed by atoms with Gasteiger partial charge in [0.1, 0.15) is 15.7 Å². The van der Waals surface area contributed by atoms with E-state index in [1.165, 1.54) is 0 Å². The van der Waals surface area contributed by atoms with Crippen molar-refractivity contribution in [3.63, 3.8) is 0 Å². The Morgan fingerprint density at radius 3 is 2.21 bits per heavy atom. The average Bonchev–Trinajstić information content (AvgIpc) is 1.99. The van der Waals surface area contributed by atoms with E-state index in [0.717, 1.165) is 12.2 Å². The van der Waals surface area contributed by atoms with Gasteiger partial charge in [-0.05, 0) is 5.92 Å². The molecule has 0 aliphatic carbocycles. The van der Waals surface area contributed by atoms with Gasteiger partial charge in [0, 0.05) is 17.6 Å². The van der Waals surface area contributed by atoms with Gasteiger partial charge in [-0.25, -0.2) is 9.59 Å². The van der Waals surface area contributed by atoms with Crippen LogP contribution < -0.4 is 0 Å². The molecule has 0 aromatic carbocycles. The molecule has 0 aromatic heterocycles. The normalized spacial score (nSPS) is 11.9. The lowest BCUT2D eigenvalue weighted by atomic mass is 9.59. The van der Waals surface area contributed by atoms with Crippen molar-refractivity contribution in [3.8, 4) is 0 Å². The van der Waals surface area contributed by atoms with Crippen LogP contribution in [0.25, 0.3) is 0 Å². The first-order valence-electron chi connectivity index (χ1n) is 4.39. The predicted molar refractivity (Wildman–Crippen MR) is 57.5 cm³/mol. The van der Waals surface area contributed by atoms with Gasteiger partial charge in [-0.15, -0.1) is 0 Å². The Morgan fingerprint density at radius 2 is 1.86 bits per heavy atom. The fourth-order valence-electron chi connectivity index (χ4n) is 0.550. The van der Waals surface area contributed by atoms with Crippen LogP contribution in [0.1, 0.15) is 13.8 Å². The number of esters is 1. The second kappa shape index (κ2) is 4.88. The summed E-state index contributed by atoms with van der Waals surface area (Å²) in [5.74, 6) is -1.62. The van der Waals surface area contributed by atoms with Crippen LogP contribution in [0.2, 0.25) is 0 Å². The van der Waals surface area contributed by atoms with Crippen molar-refractivity contribution < 1.29 is 19.4 Å². The zero-order valence-corrected chi connectivity index (χ0v) is 8.90. The number of carboxylic acid groups (broad SMARTS) is 1. The van der Waals surface area contributed by atoms with Crippen LogP contribution in [0.5, 0.6) is 0 Å². The van der Waals surface area contributed by atoms with Gasteiger partial charge in [-0.3, -0.25) is 0 Å². The molecule has 4 nitrogen and oxygen atoms in total. The molecule has 0 aliphatic heterocycles. The fraction of sp³-hybridized carbons (Fsp3) is 0.500. The number of aliphatic carboxylic acids is 1. The van der Waals surface area contributed by atoms with Gasteiger partial charge < -0.3 is 9.84 Å². The summed E-state index contributed by atoms with van der Waals surface area (Å²) in [6.07, 6.45) is 1.67. The van der Waals surface area contributed by atoms with E-state index in [0.29, 0.717) is 0 Å². The second-order valence-electron chi connectivity index (χ2n) is 3.85.